The molecule has 0 unspecified atom stereocenters. The highest BCUT2D eigenvalue weighted by atomic mass is 16.5. The second-order valence-corrected chi connectivity index (χ2v) is 6.03. The Hall–Kier alpha value is -3.35. The molecule has 2 aromatic heterocycles. The topological polar surface area (TPSA) is 69.5 Å². The first-order valence-corrected chi connectivity index (χ1v) is 8.28. The van der Waals surface area contributed by atoms with E-state index in [1.807, 2.05) is 37.4 Å². The number of benzene rings is 1. The second-order valence-electron chi connectivity index (χ2n) is 6.03. The number of methoxy groups -OCH3 is 1. The van der Waals surface area contributed by atoms with E-state index in [2.05, 4.69) is 10.1 Å². The highest BCUT2D eigenvalue weighted by Gasteiger charge is 2.29. The molecule has 1 atom stereocenters. The number of pyridine rings is 1. The number of carbonyl (C=O) groups excluding carboxylic acids is 1. The Kier molecular flexibility index (Phi) is 4.04. The Balaban J connectivity index is 1.72. The number of anilines is 1. The summed E-state index contributed by atoms with van der Waals surface area (Å²) in [6, 6.07) is 10.8. The Morgan fingerprint density at radius 1 is 1.27 bits per heavy atom. The zero-order valence-corrected chi connectivity index (χ0v) is 14.5. The molecule has 0 N–H and O–H groups in total. The molecule has 7 nitrogen and oxygen atoms in total. The van der Waals surface area contributed by atoms with Crippen molar-refractivity contribution >= 4 is 11.6 Å². The number of rotatable bonds is 3. The number of nitrogens with zero attached hydrogens (tertiary/aromatic N) is 4. The summed E-state index contributed by atoms with van der Waals surface area (Å²) in [5, 5.41) is 4.20. The number of hydrogen-bond acceptors (Lipinski definition) is 5. The lowest BCUT2D eigenvalue weighted by atomic mass is 10.1. The number of hydrogen-bond donors (Lipinski definition) is 0. The third kappa shape index (κ3) is 2.88. The van der Waals surface area contributed by atoms with E-state index in [9.17, 15) is 4.79 Å². The van der Waals surface area contributed by atoms with E-state index in [4.69, 9.17) is 9.47 Å². The fourth-order valence-electron chi connectivity index (χ4n) is 2.98. The maximum Gasteiger partial charge on any atom is 0.277 e. The van der Waals surface area contributed by atoms with Crippen molar-refractivity contribution in [2.24, 2.45) is 0 Å². The summed E-state index contributed by atoms with van der Waals surface area (Å²) in [5.74, 6) is 1.13. The van der Waals surface area contributed by atoms with Gasteiger partial charge in [-0.3, -0.25) is 14.7 Å². The minimum Gasteiger partial charge on any atom is -0.497 e. The molecule has 1 aliphatic rings. The first kappa shape index (κ1) is 16.1. The van der Waals surface area contributed by atoms with Crippen molar-refractivity contribution in [3.63, 3.8) is 0 Å². The van der Waals surface area contributed by atoms with Gasteiger partial charge in [-0.1, -0.05) is 0 Å². The Bertz CT molecular complexity index is 940. The first-order chi connectivity index (χ1) is 12.7. The maximum absolute atomic E-state index is 13.2. The van der Waals surface area contributed by atoms with E-state index in [1.165, 1.54) is 0 Å². The van der Waals surface area contributed by atoms with E-state index in [1.54, 1.807) is 41.2 Å². The van der Waals surface area contributed by atoms with Crippen LogP contribution in [0.15, 0.2) is 55.0 Å². The van der Waals surface area contributed by atoms with Crippen LogP contribution in [0.4, 0.5) is 5.69 Å². The number of carbonyl (C=O) groups is 1. The number of amides is 1. The quantitative estimate of drug-likeness (QED) is 0.726. The van der Waals surface area contributed by atoms with Gasteiger partial charge in [0.25, 0.3) is 5.91 Å². The van der Waals surface area contributed by atoms with Gasteiger partial charge in [0.2, 0.25) is 0 Å². The van der Waals surface area contributed by atoms with E-state index < -0.39 is 0 Å². The van der Waals surface area contributed by atoms with Crippen molar-refractivity contribution in [3.05, 3.63) is 60.7 Å². The molecule has 1 aromatic carbocycles. The van der Waals surface area contributed by atoms with Crippen LogP contribution in [-0.2, 0) is 0 Å². The Morgan fingerprint density at radius 2 is 2.15 bits per heavy atom. The average Bonchev–Trinajstić information content (AvgIpc) is 3.21. The van der Waals surface area contributed by atoms with E-state index >= 15 is 0 Å². The summed E-state index contributed by atoms with van der Waals surface area (Å²) in [6.45, 7) is 2.37. The van der Waals surface area contributed by atoms with Gasteiger partial charge in [0.15, 0.2) is 0 Å². The van der Waals surface area contributed by atoms with Crippen LogP contribution in [0.2, 0.25) is 0 Å². The van der Waals surface area contributed by atoms with Gasteiger partial charge in [-0.2, -0.15) is 5.10 Å². The monoisotopic (exact) mass is 350 g/mol. The smallest absolute Gasteiger partial charge is 0.277 e. The summed E-state index contributed by atoms with van der Waals surface area (Å²) >= 11 is 0. The summed E-state index contributed by atoms with van der Waals surface area (Å²) < 4.78 is 12.8. The summed E-state index contributed by atoms with van der Waals surface area (Å²) in [5.41, 5.74) is 1.81. The van der Waals surface area contributed by atoms with Crippen LogP contribution < -0.4 is 14.4 Å². The van der Waals surface area contributed by atoms with Gasteiger partial charge in [0.1, 0.15) is 23.3 Å². The van der Waals surface area contributed by atoms with Crippen LogP contribution in [0, 0.1) is 0 Å². The fraction of sp³-hybridized carbons (Fsp3) is 0.211. The molecule has 3 aromatic rings. The number of fused-ring (bicyclic) bond motifs is 1. The minimum atomic E-state index is -0.191. The molecule has 0 bridgehead atoms. The third-order valence-corrected chi connectivity index (χ3v) is 4.20. The zero-order chi connectivity index (χ0) is 18.1. The molecule has 0 saturated carbocycles. The molecule has 4 rings (SSSR count). The molecule has 0 fully saturated rings. The van der Waals surface area contributed by atoms with Gasteiger partial charge in [0.05, 0.1) is 25.0 Å². The van der Waals surface area contributed by atoms with Crippen molar-refractivity contribution in [2.75, 3.05) is 18.6 Å². The standard InChI is InChI=1S/C19H18N4O3/c1-13-12-22(17-11-15(25-2)4-5-18(17)26-13)19(24)16-10-14(6-8-20-16)23-9-3-7-21-23/h3-11,13H,12H2,1-2H3/t13-/m1/s1. The normalized spacial score (nSPS) is 15.9. The predicted octanol–water partition coefficient (Wildman–Crippen LogP) is 2.70. The first-order valence-electron chi connectivity index (χ1n) is 8.28. The summed E-state index contributed by atoms with van der Waals surface area (Å²) in [7, 11) is 1.59. The van der Waals surface area contributed by atoms with Crippen LogP contribution in [0.25, 0.3) is 5.69 Å². The largest absolute Gasteiger partial charge is 0.497 e. The molecule has 3 heterocycles. The minimum absolute atomic E-state index is 0.117. The van der Waals surface area contributed by atoms with Crippen molar-refractivity contribution in [3.8, 4) is 17.2 Å². The van der Waals surface area contributed by atoms with E-state index in [0.717, 1.165) is 5.69 Å². The average molecular weight is 350 g/mol. The molecule has 132 valence electrons. The van der Waals surface area contributed by atoms with Crippen molar-refractivity contribution in [2.45, 2.75) is 13.0 Å². The van der Waals surface area contributed by atoms with Crippen LogP contribution in [0.3, 0.4) is 0 Å². The molecule has 7 heteroatoms. The van der Waals surface area contributed by atoms with E-state index in [-0.39, 0.29) is 12.0 Å². The highest BCUT2D eigenvalue weighted by molar-refractivity contribution is 6.06. The van der Waals surface area contributed by atoms with Gasteiger partial charge in [-0.05, 0) is 37.3 Å². The Labute approximate surface area is 150 Å². The molecular formula is C19H18N4O3. The number of ether oxygens (including phenoxy) is 2. The predicted molar refractivity (Wildman–Crippen MR) is 96.1 cm³/mol. The molecule has 26 heavy (non-hydrogen) atoms. The SMILES string of the molecule is COc1ccc2c(c1)N(C(=O)c1cc(-n3cccn3)ccn1)C[C@@H](C)O2. The lowest BCUT2D eigenvalue weighted by Crippen LogP contribution is -2.42. The highest BCUT2D eigenvalue weighted by Crippen LogP contribution is 2.37. The molecule has 0 spiro atoms. The lowest BCUT2D eigenvalue weighted by Gasteiger charge is -2.33. The fourth-order valence-corrected chi connectivity index (χ4v) is 2.98. The van der Waals surface area contributed by atoms with Crippen LogP contribution >= 0.6 is 0 Å². The molecule has 0 saturated heterocycles. The van der Waals surface area contributed by atoms with Crippen LogP contribution in [0.1, 0.15) is 17.4 Å². The van der Waals surface area contributed by atoms with Gasteiger partial charge in [-0.15, -0.1) is 0 Å². The van der Waals surface area contributed by atoms with Crippen molar-refractivity contribution < 1.29 is 14.3 Å². The van der Waals surface area contributed by atoms with Crippen LogP contribution in [0.5, 0.6) is 11.5 Å². The Morgan fingerprint density at radius 3 is 2.92 bits per heavy atom. The molecule has 1 amide bonds. The molecule has 0 aliphatic carbocycles. The molecule has 0 radical (unpaired) electrons. The van der Waals surface area contributed by atoms with Gasteiger partial charge >= 0.3 is 0 Å². The zero-order valence-electron chi connectivity index (χ0n) is 14.5. The molecule has 1 aliphatic heterocycles. The van der Waals surface area contributed by atoms with Gasteiger partial charge in [-0.25, -0.2) is 4.68 Å². The maximum atomic E-state index is 13.2. The lowest BCUT2D eigenvalue weighted by molar-refractivity contribution is 0.0956. The van der Waals surface area contributed by atoms with Crippen molar-refractivity contribution in [1.29, 1.82) is 0 Å². The second kappa shape index (κ2) is 6.51. The summed E-state index contributed by atoms with van der Waals surface area (Å²) in [6.07, 6.45) is 5.00. The third-order valence-electron chi connectivity index (χ3n) is 4.20. The summed E-state index contributed by atoms with van der Waals surface area (Å²) in [4.78, 5) is 19.1. The van der Waals surface area contributed by atoms with Gasteiger partial charge < -0.3 is 9.47 Å². The van der Waals surface area contributed by atoms with Gasteiger partial charge in [0, 0.05) is 24.7 Å². The number of aromatic nitrogens is 3. The van der Waals surface area contributed by atoms with Crippen molar-refractivity contribution in [1.82, 2.24) is 14.8 Å². The van der Waals surface area contributed by atoms with E-state index in [0.29, 0.717) is 29.4 Å². The van der Waals surface area contributed by atoms with Crippen LogP contribution in [-0.4, -0.2) is 40.4 Å². The molecular weight excluding hydrogens is 332 g/mol.